The maximum atomic E-state index is 15.5. The first-order valence-electron chi connectivity index (χ1n) is 13.2. The lowest BCUT2D eigenvalue weighted by atomic mass is 9.95. The van der Waals surface area contributed by atoms with Gasteiger partial charge in [-0.2, -0.15) is 0 Å². The van der Waals surface area contributed by atoms with E-state index in [0.29, 0.717) is 6.54 Å². The molecule has 37 heavy (non-hydrogen) atoms. The Kier molecular flexibility index (Phi) is 8.55. The molecule has 2 aromatic rings. The highest BCUT2D eigenvalue weighted by Gasteiger charge is 2.52. The van der Waals surface area contributed by atoms with Crippen molar-refractivity contribution in [3.63, 3.8) is 0 Å². The van der Waals surface area contributed by atoms with Crippen LogP contribution in [0.3, 0.4) is 0 Å². The van der Waals surface area contributed by atoms with E-state index in [-0.39, 0.29) is 53.8 Å². The van der Waals surface area contributed by atoms with Gasteiger partial charge in [-0.3, -0.25) is 14.2 Å². The highest BCUT2D eigenvalue weighted by atomic mass is 28.4. The molecule has 0 unspecified atom stereocenters. The summed E-state index contributed by atoms with van der Waals surface area (Å²) in [5, 5.41) is 9.61. The number of ether oxygens (including phenoxy) is 2. The number of hydrogen-bond acceptors (Lipinski definition) is 5. The largest absolute Gasteiger partial charge is 0.491 e. The van der Waals surface area contributed by atoms with Gasteiger partial charge in [-0.25, -0.2) is 0 Å². The summed E-state index contributed by atoms with van der Waals surface area (Å²) in [6.45, 7) is 6.09. The first kappa shape index (κ1) is 27.5. The van der Waals surface area contributed by atoms with E-state index in [4.69, 9.17) is 9.47 Å². The van der Waals surface area contributed by atoms with E-state index in [1.807, 2.05) is 24.3 Å². The fourth-order valence-electron chi connectivity index (χ4n) is 6.18. The molecular weight excluding hydrogens is 491 g/mol. The molecule has 0 spiro atoms. The van der Waals surface area contributed by atoms with Crippen LogP contribution in [0.4, 0.5) is 4.11 Å². The van der Waals surface area contributed by atoms with E-state index < -0.39 is 14.5 Å². The zero-order chi connectivity index (χ0) is 26.7. The van der Waals surface area contributed by atoms with Crippen molar-refractivity contribution < 1.29 is 23.5 Å². The molecule has 2 fully saturated rings. The smallest absolute Gasteiger partial charge is 0.297 e. The summed E-state index contributed by atoms with van der Waals surface area (Å²) < 4.78 is 28.5. The maximum absolute atomic E-state index is 15.5. The van der Waals surface area contributed by atoms with Gasteiger partial charge in [0.15, 0.2) is 5.75 Å². The van der Waals surface area contributed by atoms with Crippen molar-refractivity contribution in [1.82, 2.24) is 9.47 Å². The molecule has 9 heteroatoms. The number of likely N-dealkylation sites (tertiary alicyclic amines) is 1. The first-order valence-corrected chi connectivity index (χ1v) is 16.2. The van der Waals surface area contributed by atoms with Crippen molar-refractivity contribution in [2.45, 2.75) is 75.9 Å². The van der Waals surface area contributed by atoms with Gasteiger partial charge in [-0.15, -0.1) is 0 Å². The number of rotatable bonds is 9. The number of aliphatic hydroxyl groups is 1. The zero-order valence-corrected chi connectivity index (χ0v) is 23.2. The second-order valence-electron chi connectivity index (χ2n) is 10.9. The van der Waals surface area contributed by atoms with Gasteiger partial charge in [0.1, 0.15) is 0 Å². The summed E-state index contributed by atoms with van der Waals surface area (Å²) in [6.07, 6.45) is 4.51. The number of amides is 1. The van der Waals surface area contributed by atoms with Gasteiger partial charge < -0.3 is 23.6 Å². The molecule has 4 rings (SSSR count). The number of aryl methyl sites for hydroxylation is 1. The minimum atomic E-state index is -3.08. The molecule has 0 saturated carbocycles. The predicted molar refractivity (Wildman–Crippen MR) is 144 cm³/mol. The minimum absolute atomic E-state index is 0.0197. The highest BCUT2D eigenvalue weighted by Crippen LogP contribution is 2.47. The monoisotopic (exact) mass is 530 g/mol. The van der Waals surface area contributed by atoms with Crippen LogP contribution in [-0.2, 0) is 16.0 Å². The third-order valence-corrected chi connectivity index (χ3v) is 10.5. The molecule has 202 valence electrons. The number of halogens is 1. The molecule has 2 aliphatic heterocycles. The Hall–Kier alpha value is -2.49. The second-order valence-corrected chi connectivity index (χ2v) is 14.7. The number of hydrogen-bond donors (Lipinski definition) is 1. The summed E-state index contributed by atoms with van der Waals surface area (Å²) >= 11 is 0. The predicted octanol–water partition coefficient (Wildman–Crippen LogP) is 4.10. The van der Waals surface area contributed by atoms with Crippen LogP contribution >= 0.6 is 0 Å². The van der Waals surface area contributed by atoms with E-state index in [9.17, 15) is 14.7 Å². The van der Waals surface area contributed by atoms with Crippen molar-refractivity contribution in [2.24, 2.45) is 5.92 Å². The minimum Gasteiger partial charge on any atom is -0.491 e. The van der Waals surface area contributed by atoms with Gasteiger partial charge in [0, 0.05) is 24.0 Å². The molecule has 0 bridgehead atoms. The van der Waals surface area contributed by atoms with E-state index in [1.165, 1.54) is 7.11 Å². The average Bonchev–Trinajstić information content (AvgIpc) is 3.47. The number of carbonyl (C=O) groups is 1. The van der Waals surface area contributed by atoms with Crippen LogP contribution < -0.4 is 10.3 Å². The van der Waals surface area contributed by atoms with Crippen molar-refractivity contribution in [3.8, 4) is 11.4 Å². The first-order chi connectivity index (χ1) is 17.6. The Bertz CT molecular complexity index is 1130. The Morgan fingerprint density at radius 3 is 2.59 bits per heavy atom. The summed E-state index contributed by atoms with van der Waals surface area (Å²) in [4.78, 5) is 27.3. The maximum Gasteiger partial charge on any atom is 0.297 e. The van der Waals surface area contributed by atoms with E-state index in [2.05, 4.69) is 6.92 Å². The van der Waals surface area contributed by atoms with Gasteiger partial charge in [-0.05, 0) is 74.5 Å². The van der Waals surface area contributed by atoms with Crippen molar-refractivity contribution in [1.29, 1.82) is 0 Å². The van der Waals surface area contributed by atoms with Crippen LogP contribution in [0.5, 0.6) is 5.75 Å². The number of benzene rings is 1. The third kappa shape index (κ3) is 5.99. The van der Waals surface area contributed by atoms with Gasteiger partial charge >= 0.3 is 0 Å². The molecule has 1 N–H and O–H groups in total. The molecule has 5 atom stereocenters. The molecule has 0 aliphatic carbocycles. The normalized spacial score (nSPS) is 26.0. The molecule has 7 nitrogen and oxygen atoms in total. The van der Waals surface area contributed by atoms with E-state index in [1.54, 1.807) is 40.9 Å². The standard InChI is InChI=1S/C28H39FN2O5Si/c1-19-23(14-11-20-9-12-21(13-10-20)31-16-6-8-24(35-2)28(31)34)36-25(27(19)37(3,4)29)17-26(33)30-15-5-7-22(30)18-32/h6,8-10,12-13,16,19,22-23,25,27,32H,5,7,11,14-15,17-18H2,1-4H3/t19-,22-,23+,25-,27+/m0/s1. The number of aliphatic hydroxyl groups excluding tert-OH is 1. The Morgan fingerprint density at radius 1 is 1.22 bits per heavy atom. The Balaban J connectivity index is 1.42. The molecule has 2 aliphatic rings. The molecule has 0 radical (unpaired) electrons. The summed E-state index contributed by atoms with van der Waals surface area (Å²) in [7, 11) is -1.60. The number of aromatic nitrogens is 1. The zero-order valence-electron chi connectivity index (χ0n) is 22.2. The van der Waals surface area contributed by atoms with E-state index in [0.717, 1.165) is 36.9 Å². The average molecular weight is 531 g/mol. The quantitative estimate of drug-likeness (QED) is 0.390. The summed E-state index contributed by atoms with van der Waals surface area (Å²) in [6, 6.07) is 11.1. The van der Waals surface area contributed by atoms with Crippen LogP contribution in [-0.4, -0.2) is 67.4 Å². The second kappa shape index (κ2) is 11.5. The molecule has 1 aromatic heterocycles. The lowest BCUT2D eigenvalue weighted by Crippen LogP contribution is -2.42. The Morgan fingerprint density at radius 2 is 1.95 bits per heavy atom. The lowest BCUT2D eigenvalue weighted by Gasteiger charge is -2.30. The van der Waals surface area contributed by atoms with Gasteiger partial charge in [0.25, 0.3) is 5.56 Å². The molecule has 2 saturated heterocycles. The van der Waals surface area contributed by atoms with Gasteiger partial charge in [0.2, 0.25) is 14.3 Å². The van der Waals surface area contributed by atoms with E-state index >= 15 is 4.11 Å². The van der Waals surface area contributed by atoms with Crippen LogP contribution in [0, 0.1) is 5.92 Å². The van der Waals surface area contributed by atoms with Crippen molar-refractivity contribution in [2.75, 3.05) is 20.3 Å². The van der Waals surface area contributed by atoms with Crippen molar-refractivity contribution >= 4 is 14.3 Å². The van der Waals surface area contributed by atoms with Crippen LogP contribution in [0.2, 0.25) is 18.6 Å². The number of nitrogens with zero attached hydrogens (tertiary/aromatic N) is 2. The molecule has 1 amide bonds. The SMILES string of the molecule is COc1cccn(-c2ccc(CC[C@H]3O[C@@H](CC(=O)N4CCC[C@H]4CO)[C@H]([Si](C)(C)F)[C@H]3C)cc2)c1=O. The molecular formula is C28H39FN2O5Si. The van der Waals surface area contributed by atoms with Crippen LogP contribution in [0.25, 0.3) is 5.69 Å². The fourth-order valence-corrected chi connectivity index (χ4v) is 8.73. The number of pyridine rings is 1. The highest BCUT2D eigenvalue weighted by molar-refractivity contribution is 6.72. The van der Waals surface area contributed by atoms with Crippen LogP contribution in [0.15, 0.2) is 47.4 Å². The third-order valence-electron chi connectivity index (χ3n) is 8.04. The summed E-state index contributed by atoms with van der Waals surface area (Å²) in [5.41, 5.74) is 1.39. The molecule has 3 heterocycles. The lowest BCUT2D eigenvalue weighted by molar-refractivity contribution is -0.135. The Labute approximate surface area is 219 Å². The van der Waals surface area contributed by atoms with Gasteiger partial charge in [0.05, 0.1) is 38.4 Å². The van der Waals surface area contributed by atoms with Crippen molar-refractivity contribution in [3.05, 3.63) is 58.5 Å². The van der Waals surface area contributed by atoms with Crippen LogP contribution in [0.1, 0.15) is 38.2 Å². The number of methoxy groups -OCH3 is 1. The number of carbonyl (C=O) groups excluding carboxylic acids is 1. The summed E-state index contributed by atoms with van der Waals surface area (Å²) in [5.74, 6) is 0.268. The van der Waals surface area contributed by atoms with Gasteiger partial charge in [-0.1, -0.05) is 19.1 Å². The molecule has 1 aromatic carbocycles. The fraction of sp³-hybridized carbons (Fsp3) is 0.571. The topological polar surface area (TPSA) is 81.0 Å².